The molecule has 2 fully saturated rings. The van der Waals surface area contributed by atoms with Crippen LogP contribution in [0.2, 0.25) is 0 Å². The molecule has 3 heterocycles. The van der Waals surface area contributed by atoms with Crippen molar-refractivity contribution in [2.45, 2.75) is 82.8 Å². The first-order valence-electron chi connectivity index (χ1n) is 17.3. The van der Waals surface area contributed by atoms with E-state index in [2.05, 4.69) is 107 Å². The largest absolute Gasteiger partial charge is 0.442 e. The van der Waals surface area contributed by atoms with Gasteiger partial charge in [0.2, 0.25) is 5.89 Å². The molecule has 1 saturated heterocycles. The average Bonchev–Trinajstić information content (AvgIpc) is 3.74. The number of thiophene rings is 1. The SMILES string of the molecule is CN(C)C(c1cccs1)C1CCC(CC(c2nc(Cc3ccccc3)c(CNCCc3ccccc3)o2)N2CCCCC2)CC1. The van der Waals surface area contributed by atoms with Crippen molar-refractivity contribution in [2.24, 2.45) is 11.8 Å². The third-order valence-electron chi connectivity index (χ3n) is 10.1. The summed E-state index contributed by atoms with van der Waals surface area (Å²) in [6.45, 7) is 3.95. The van der Waals surface area contributed by atoms with E-state index in [1.54, 1.807) is 0 Å². The third-order valence-corrected chi connectivity index (χ3v) is 11.1. The van der Waals surface area contributed by atoms with Gasteiger partial charge >= 0.3 is 0 Å². The molecule has 2 atom stereocenters. The number of likely N-dealkylation sites (tertiary alicyclic amines) is 1. The normalized spacial score (nSPS) is 20.8. The van der Waals surface area contributed by atoms with Gasteiger partial charge in [0, 0.05) is 17.3 Å². The number of rotatable bonds is 14. The monoisotopic (exact) mass is 624 g/mol. The molecule has 240 valence electrons. The van der Waals surface area contributed by atoms with Crippen LogP contribution < -0.4 is 5.32 Å². The van der Waals surface area contributed by atoms with Crippen LogP contribution in [-0.4, -0.2) is 48.5 Å². The average molecular weight is 625 g/mol. The Morgan fingerprint density at radius 2 is 1.60 bits per heavy atom. The number of hydrogen-bond donors (Lipinski definition) is 1. The van der Waals surface area contributed by atoms with Crippen LogP contribution in [0.1, 0.15) is 96.8 Å². The Balaban J connectivity index is 1.17. The van der Waals surface area contributed by atoms with Gasteiger partial charge in [-0.3, -0.25) is 4.90 Å². The van der Waals surface area contributed by atoms with Gasteiger partial charge in [-0.25, -0.2) is 4.98 Å². The predicted octanol–water partition coefficient (Wildman–Crippen LogP) is 8.69. The smallest absolute Gasteiger partial charge is 0.212 e. The van der Waals surface area contributed by atoms with Crippen LogP contribution in [0.3, 0.4) is 0 Å². The van der Waals surface area contributed by atoms with Gasteiger partial charge in [0.25, 0.3) is 0 Å². The van der Waals surface area contributed by atoms with Crippen molar-refractivity contribution < 1.29 is 4.42 Å². The molecule has 4 aromatic rings. The van der Waals surface area contributed by atoms with Crippen LogP contribution >= 0.6 is 11.3 Å². The van der Waals surface area contributed by atoms with Crippen molar-refractivity contribution in [2.75, 3.05) is 33.7 Å². The summed E-state index contributed by atoms with van der Waals surface area (Å²) in [5.41, 5.74) is 3.75. The number of oxazole rings is 1. The van der Waals surface area contributed by atoms with Crippen LogP contribution in [0.15, 0.2) is 82.6 Å². The van der Waals surface area contributed by atoms with E-state index in [0.29, 0.717) is 12.6 Å². The van der Waals surface area contributed by atoms with Gasteiger partial charge in [-0.15, -0.1) is 11.3 Å². The van der Waals surface area contributed by atoms with E-state index < -0.39 is 0 Å². The van der Waals surface area contributed by atoms with Crippen LogP contribution in [-0.2, 0) is 19.4 Å². The maximum atomic E-state index is 6.82. The Hall–Kier alpha value is -2.77. The summed E-state index contributed by atoms with van der Waals surface area (Å²) in [6.07, 6.45) is 12.1. The van der Waals surface area contributed by atoms with Crippen molar-refractivity contribution in [3.8, 4) is 0 Å². The summed E-state index contributed by atoms with van der Waals surface area (Å²) in [4.78, 5) is 12.0. The van der Waals surface area contributed by atoms with Crippen LogP contribution in [0, 0.1) is 11.8 Å². The van der Waals surface area contributed by atoms with Gasteiger partial charge in [0.05, 0.1) is 18.3 Å². The molecular formula is C39H52N4OS. The number of nitrogens with zero attached hydrogens (tertiary/aromatic N) is 3. The zero-order valence-electron chi connectivity index (χ0n) is 27.4. The Labute approximate surface area is 275 Å². The second-order valence-electron chi connectivity index (χ2n) is 13.5. The van der Waals surface area contributed by atoms with Gasteiger partial charge in [-0.05, 0) is 107 Å². The summed E-state index contributed by atoms with van der Waals surface area (Å²) in [5, 5.41) is 5.91. The molecular weight excluding hydrogens is 573 g/mol. The molecule has 0 radical (unpaired) electrons. The lowest BCUT2D eigenvalue weighted by molar-refractivity contribution is 0.0939. The molecule has 6 heteroatoms. The van der Waals surface area contributed by atoms with Crippen LogP contribution in [0.4, 0.5) is 0 Å². The van der Waals surface area contributed by atoms with E-state index in [0.717, 1.165) is 68.1 Å². The van der Waals surface area contributed by atoms with E-state index in [9.17, 15) is 0 Å². The lowest BCUT2D eigenvalue weighted by atomic mass is 9.75. The van der Waals surface area contributed by atoms with Crippen molar-refractivity contribution >= 4 is 11.3 Å². The van der Waals surface area contributed by atoms with E-state index in [1.807, 2.05) is 11.3 Å². The number of piperidine rings is 1. The fraction of sp³-hybridized carbons (Fsp3) is 0.513. The van der Waals surface area contributed by atoms with E-state index >= 15 is 0 Å². The summed E-state index contributed by atoms with van der Waals surface area (Å²) in [6, 6.07) is 26.8. The van der Waals surface area contributed by atoms with Crippen molar-refractivity contribution in [3.63, 3.8) is 0 Å². The molecule has 2 unspecified atom stereocenters. The minimum absolute atomic E-state index is 0.265. The molecule has 2 aromatic heterocycles. The van der Waals surface area contributed by atoms with Crippen LogP contribution in [0.5, 0.6) is 0 Å². The van der Waals surface area contributed by atoms with Gasteiger partial charge in [0.1, 0.15) is 5.76 Å². The van der Waals surface area contributed by atoms with Gasteiger partial charge < -0.3 is 14.6 Å². The first kappa shape index (κ1) is 32.2. The topological polar surface area (TPSA) is 44.5 Å². The van der Waals surface area contributed by atoms with Crippen molar-refractivity contribution in [3.05, 3.63) is 112 Å². The van der Waals surface area contributed by atoms with E-state index in [1.165, 1.54) is 60.9 Å². The molecule has 1 aliphatic heterocycles. The summed E-state index contributed by atoms with van der Waals surface area (Å²) in [5.74, 6) is 3.42. The Kier molecular flexibility index (Phi) is 11.6. The predicted molar refractivity (Wildman–Crippen MR) is 187 cm³/mol. The molecule has 0 spiro atoms. The highest BCUT2D eigenvalue weighted by Gasteiger charge is 2.35. The minimum atomic E-state index is 0.265. The molecule has 2 aliphatic rings. The minimum Gasteiger partial charge on any atom is -0.442 e. The molecule has 0 bridgehead atoms. The number of benzene rings is 2. The zero-order chi connectivity index (χ0) is 30.8. The molecule has 5 nitrogen and oxygen atoms in total. The van der Waals surface area contributed by atoms with Crippen molar-refractivity contribution in [1.82, 2.24) is 20.1 Å². The molecule has 6 rings (SSSR count). The highest BCUT2D eigenvalue weighted by atomic mass is 32.1. The van der Waals surface area contributed by atoms with Gasteiger partial charge in [-0.2, -0.15) is 0 Å². The maximum Gasteiger partial charge on any atom is 0.212 e. The molecule has 45 heavy (non-hydrogen) atoms. The fourth-order valence-corrected chi connectivity index (χ4v) is 8.76. The first-order valence-corrected chi connectivity index (χ1v) is 18.2. The second-order valence-corrected chi connectivity index (χ2v) is 14.5. The molecule has 2 aromatic carbocycles. The van der Waals surface area contributed by atoms with E-state index in [4.69, 9.17) is 9.40 Å². The maximum absolute atomic E-state index is 6.82. The molecule has 1 saturated carbocycles. The fourth-order valence-electron chi connectivity index (χ4n) is 7.75. The molecule has 1 aliphatic carbocycles. The van der Waals surface area contributed by atoms with E-state index in [-0.39, 0.29) is 6.04 Å². The zero-order valence-corrected chi connectivity index (χ0v) is 28.2. The highest BCUT2D eigenvalue weighted by Crippen LogP contribution is 2.44. The lowest BCUT2D eigenvalue weighted by Crippen LogP contribution is -2.36. The lowest BCUT2D eigenvalue weighted by Gasteiger charge is -2.39. The Morgan fingerprint density at radius 3 is 2.27 bits per heavy atom. The standard InChI is InChI=1S/C39H52N4OS/c1-42(2)38(37-17-12-26-45-37)33-20-18-32(19-21-33)28-35(43-24-10-5-11-25-43)39-41-34(27-31-15-8-4-9-16-31)36(44-39)29-40-23-22-30-13-6-3-7-14-30/h3-4,6-9,12-17,26,32-33,35,38,40H,5,10-11,18-25,27-29H2,1-2H3. The number of nitrogens with one attached hydrogen (secondary N) is 1. The molecule has 1 N–H and O–H groups in total. The Bertz CT molecular complexity index is 1390. The van der Waals surface area contributed by atoms with Crippen molar-refractivity contribution in [1.29, 1.82) is 0 Å². The summed E-state index contributed by atoms with van der Waals surface area (Å²) >= 11 is 1.92. The highest BCUT2D eigenvalue weighted by molar-refractivity contribution is 7.10. The number of hydrogen-bond acceptors (Lipinski definition) is 6. The first-order chi connectivity index (χ1) is 22.1. The molecule has 0 amide bonds. The van der Waals surface area contributed by atoms with Crippen LogP contribution in [0.25, 0.3) is 0 Å². The van der Waals surface area contributed by atoms with Gasteiger partial charge in [-0.1, -0.05) is 86.0 Å². The quantitative estimate of drug-likeness (QED) is 0.142. The summed E-state index contributed by atoms with van der Waals surface area (Å²) in [7, 11) is 4.51. The summed E-state index contributed by atoms with van der Waals surface area (Å²) < 4.78 is 6.82. The second kappa shape index (κ2) is 16.2. The Morgan fingerprint density at radius 1 is 0.889 bits per heavy atom. The third kappa shape index (κ3) is 8.74. The van der Waals surface area contributed by atoms with Gasteiger partial charge in [0.15, 0.2) is 0 Å². The number of aromatic nitrogens is 1.